The van der Waals surface area contributed by atoms with E-state index < -0.39 is 0 Å². The van der Waals surface area contributed by atoms with Gasteiger partial charge < -0.3 is 15.7 Å². The number of benzene rings is 1. The van der Waals surface area contributed by atoms with Gasteiger partial charge in [-0.25, -0.2) is 14.5 Å². The van der Waals surface area contributed by atoms with Crippen LogP contribution in [0.25, 0.3) is 5.69 Å². The van der Waals surface area contributed by atoms with Gasteiger partial charge in [0, 0.05) is 13.1 Å². The minimum atomic E-state index is -0.201. The Morgan fingerprint density at radius 1 is 1.26 bits per heavy atom. The molecule has 2 amide bonds. The number of carbonyl (C=O) groups excluding carboxylic acids is 1. The van der Waals surface area contributed by atoms with Crippen molar-refractivity contribution in [2.45, 2.75) is 31.9 Å². The maximum atomic E-state index is 11.8. The summed E-state index contributed by atoms with van der Waals surface area (Å²) in [6.07, 6.45) is 5.53. The number of aromatic nitrogens is 3. The highest BCUT2D eigenvalue weighted by Crippen LogP contribution is 2.24. The van der Waals surface area contributed by atoms with Gasteiger partial charge in [-0.2, -0.15) is 5.10 Å². The molecule has 23 heavy (non-hydrogen) atoms. The molecule has 0 radical (unpaired) electrons. The van der Waals surface area contributed by atoms with Crippen molar-refractivity contribution < 1.29 is 9.90 Å². The summed E-state index contributed by atoms with van der Waals surface area (Å²) in [5, 5.41) is 19.2. The van der Waals surface area contributed by atoms with Crippen LogP contribution >= 0.6 is 0 Å². The molecule has 7 heteroatoms. The van der Waals surface area contributed by atoms with E-state index >= 15 is 0 Å². The lowest BCUT2D eigenvalue weighted by Crippen LogP contribution is -2.37. The Kier molecular flexibility index (Phi) is 4.87. The van der Waals surface area contributed by atoms with E-state index in [1.165, 1.54) is 6.33 Å². The molecule has 1 aliphatic rings. The topological polar surface area (TPSA) is 92.1 Å². The summed E-state index contributed by atoms with van der Waals surface area (Å²) in [4.78, 5) is 15.7. The molecule has 1 saturated carbocycles. The largest absolute Gasteiger partial charge is 0.393 e. The van der Waals surface area contributed by atoms with Crippen LogP contribution in [0.15, 0.2) is 36.9 Å². The van der Waals surface area contributed by atoms with Crippen molar-refractivity contribution in [2.75, 3.05) is 6.54 Å². The number of hydrogen-bond donors (Lipinski definition) is 3. The van der Waals surface area contributed by atoms with Crippen LogP contribution < -0.4 is 10.6 Å². The SMILES string of the molecule is O=C(NCc1ccc(-n2cncn2)cc1)NCC1CCC(O)C1. The van der Waals surface area contributed by atoms with Crippen molar-refractivity contribution in [2.24, 2.45) is 5.92 Å². The molecule has 0 bridgehead atoms. The predicted molar refractivity (Wildman–Crippen MR) is 84.9 cm³/mol. The second-order valence-electron chi connectivity index (χ2n) is 5.90. The standard InChI is InChI=1S/C16H21N5O2/c22-15-6-3-13(7-15)9-19-16(23)18-8-12-1-4-14(5-2-12)21-11-17-10-20-21/h1-2,4-5,10-11,13,15,22H,3,6-9H2,(H2,18,19,23). The number of aliphatic hydroxyl groups is 1. The third-order valence-electron chi connectivity index (χ3n) is 4.14. The molecular weight excluding hydrogens is 294 g/mol. The van der Waals surface area contributed by atoms with Crippen LogP contribution in [0.4, 0.5) is 4.79 Å². The molecule has 1 heterocycles. The summed E-state index contributed by atoms with van der Waals surface area (Å²) in [6, 6.07) is 7.59. The van der Waals surface area contributed by atoms with Crippen LogP contribution in [0.2, 0.25) is 0 Å². The summed E-state index contributed by atoms with van der Waals surface area (Å²) >= 11 is 0. The fraction of sp³-hybridized carbons (Fsp3) is 0.438. The van der Waals surface area contributed by atoms with E-state index in [1.54, 1.807) is 11.0 Å². The lowest BCUT2D eigenvalue weighted by Gasteiger charge is -2.12. The molecule has 2 atom stereocenters. The van der Waals surface area contributed by atoms with E-state index in [-0.39, 0.29) is 12.1 Å². The zero-order chi connectivity index (χ0) is 16.1. The van der Waals surface area contributed by atoms with Gasteiger partial charge in [0.2, 0.25) is 0 Å². The van der Waals surface area contributed by atoms with E-state index in [0.717, 1.165) is 30.5 Å². The fourth-order valence-corrected chi connectivity index (χ4v) is 2.82. The van der Waals surface area contributed by atoms with Gasteiger partial charge in [0.25, 0.3) is 0 Å². The Morgan fingerprint density at radius 3 is 2.74 bits per heavy atom. The molecule has 0 spiro atoms. The van der Waals surface area contributed by atoms with Crippen LogP contribution in [0.1, 0.15) is 24.8 Å². The monoisotopic (exact) mass is 315 g/mol. The zero-order valence-electron chi connectivity index (χ0n) is 12.9. The first-order valence-electron chi connectivity index (χ1n) is 7.84. The van der Waals surface area contributed by atoms with Crippen LogP contribution in [-0.2, 0) is 6.54 Å². The van der Waals surface area contributed by atoms with Crippen molar-refractivity contribution >= 4 is 6.03 Å². The number of rotatable bonds is 5. The van der Waals surface area contributed by atoms with Crippen molar-refractivity contribution in [3.63, 3.8) is 0 Å². The number of urea groups is 1. The quantitative estimate of drug-likeness (QED) is 0.774. The second kappa shape index (κ2) is 7.23. The smallest absolute Gasteiger partial charge is 0.315 e. The van der Waals surface area contributed by atoms with Crippen molar-refractivity contribution in [1.82, 2.24) is 25.4 Å². The van der Waals surface area contributed by atoms with Gasteiger partial charge in [-0.1, -0.05) is 12.1 Å². The first-order valence-corrected chi connectivity index (χ1v) is 7.84. The highest BCUT2D eigenvalue weighted by molar-refractivity contribution is 5.73. The number of carbonyl (C=O) groups is 1. The molecular formula is C16H21N5O2. The van der Waals surface area contributed by atoms with Crippen LogP contribution in [-0.4, -0.2) is 38.6 Å². The summed E-state index contributed by atoms with van der Waals surface area (Å²) in [7, 11) is 0. The van der Waals surface area contributed by atoms with Gasteiger partial charge in [-0.15, -0.1) is 0 Å². The van der Waals surface area contributed by atoms with Gasteiger partial charge >= 0.3 is 6.03 Å². The highest BCUT2D eigenvalue weighted by Gasteiger charge is 2.22. The maximum Gasteiger partial charge on any atom is 0.315 e. The van der Waals surface area contributed by atoms with Crippen LogP contribution in [0.3, 0.4) is 0 Å². The number of nitrogens with zero attached hydrogens (tertiary/aromatic N) is 3. The fourth-order valence-electron chi connectivity index (χ4n) is 2.82. The minimum Gasteiger partial charge on any atom is -0.393 e. The molecule has 3 rings (SSSR count). The molecule has 2 unspecified atom stereocenters. The normalized spacial score (nSPS) is 20.4. The third kappa shape index (κ3) is 4.29. The summed E-state index contributed by atoms with van der Waals surface area (Å²) in [6.45, 7) is 1.09. The molecule has 122 valence electrons. The predicted octanol–water partition coefficient (Wildman–Crippen LogP) is 1.23. The summed E-state index contributed by atoms with van der Waals surface area (Å²) < 4.78 is 1.68. The van der Waals surface area contributed by atoms with E-state index in [2.05, 4.69) is 20.7 Å². The van der Waals surface area contributed by atoms with Gasteiger partial charge in [-0.05, 0) is 42.9 Å². The third-order valence-corrected chi connectivity index (χ3v) is 4.14. The number of hydrogen-bond acceptors (Lipinski definition) is 4. The Hall–Kier alpha value is -2.41. The van der Waals surface area contributed by atoms with Crippen molar-refractivity contribution in [1.29, 1.82) is 0 Å². The molecule has 1 aromatic heterocycles. The molecule has 3 N–H and O–H groups in total. The Labute approximate surface area is 134 Å². The first-order chi connectivity index (χ1) is 11.2. The summed E-state index contributed by atoms with van der Waals surface area (Å²) in [5.74, 6) is 0.387. The number of amides is 2. The molecule has 0 saturated heterocycles. The molecule has 2 aromatic rings. The van der Waals surface area contributed by atoms with E-state index in [0.29, 0.717) is 19.0 Å². The van der Waals surface area contributed by atoms with Gasteiger partial charge in [0.05, 0.1) is 11.8 Å². The average Bonchev–Trinajstić information content (AvgIpc) is 3.23. The Morgan fingerprint density at radius 2 is 2.09 bits per heavy atom. The second-order valence-corrected chi connectivity index (χ2v) is 5.90. The number of aliphatic hydroxyl groups excluding tert-OH is 1. The summed E-state index contributed by atoms with van der Waals surface area (Å²) in [5.41, 5.74) is 1.94. The lowest BCUT2D eigenvalue weighted by molar-refractivity contribution is 0.177. The van der Waals surface area contributed by atoms with E-state index in [1.807, 2.05) is 24.3 Å². The Bertz CT molecular complexity index is 626. The van der Waals surface area contributed by atoms with Crippen LogP contribution in [0.5, 0.6) is 0 Å². The van der Waals surface area contributed by atoms with Gasteiger partial charge in [0.15, 0.2) is 0 Å². The Balaban J connectivity index is 1.42. The van der Waals surface area contributed by atoms with Crippen molar-refractivity contribution in [3.8, 4) is 5.69 Å². The van der Waals surface area contributed by atoms with Crippen molar-refractivity contribution in [3.05, 3.63) is 42.5 Å². The van der Waals surface area contributed by atoms with Crippen LogP contribution in [0, 0.1) is 5.92 Å². The molecule has 7 nitrogen and oxygen atoms in total. The average molecular weight is 315 g/mol. The molecule has 1 aliphatic carbocycles. The highest BCUT2D eigenvalue weighted by atomic mass is 16.3. The lowest BCUT2D eigenvalue weighted by atomic mass is 10.1. The number of nitrogens with one attached hydrogen (secondary N) is 2. The van der Waals surface area contributed by atoms with Gasteiger partial charge in [0.1, 0.15) is 12.7 Å². The maximum absolute atomic E-state index is 11.8. The zero-order valence-corrected chi connectivity index (χ0v) is 12.9. The molecule has 1 fully saturated rings. The first kappa shape index (κ1) is 15.5. The van der Waals surface area contributed by atoms with Gasteiger partial charge in [-0.3, -0.25) is 0 Å². The van der Waals surface area contributed by atoms with E-state index in [4.69, 9.17) is 0 Å². The molecule has 1 aromatic carbocycles. The molecule has 0 aliphatic heterocycles. The minimum absolute atomic E-state index is 0.174. The van der Waals surface area contributed by atoms with E-state index in [9.17, 15) is 9.90 Å².